The van der Waals surface area contributed by atoms with Crippen LogP contribution in [-0.4, -0.2) is 28.2 Å². The minimum atomic E-state index is 1.11. The lowest BCUT2D eigenvalue weighted by Gasteiger charge is -2.31. The number of aromatic nitrogens is 3. The van der Waals surface area contributed by atoms with Gasteiger partial charge < -0.3 is 0 Å². The van der Waals surface area contributed by atoms with Gasteiger partial charge in [-0.1, -0.05) is 0 Å². The Kier molecular flexibility index (Phi) is 0.913. The van der Waals surface area contributed by atoms with Crippen LogP contribution in [0.3, 0.4) is 0 Å². The first-order valence-electron chi connectivity index (χ1n) is 3.08. The summed E-state index contributed by atoms with van der Waals surface area (Å²) in [7, 11) is 0. The molecule has 4 heteroatoms. The van der Waals surface area contributed by atoms with E-state index in [1.165, 1.54) is 6.42 Å². The largest absolute Gasteiger partial charge is 0.295 e. The van der Waals surface area contributed by atoms with E-state index in [1.54, 1.807) is 11.0 Å². The van der Waals surface area contributed by atoms with Gasteiger partial charge in [0.1, 0.15) is 0 Å². The van der Waals surface area contributed by atoms with Crippen LogP contribution in [0.2, 0.25) is 0 Å². The van der Waals surface area contributed by atoms with Gasteiger partial charge in [0.05, 0.1) is 12.4 Å². The molecule has 0 atom stereocenters. The van der Waals surface area contributed by atoms with E-state index in [4.69, 9.17) is 0 Å². The molecule has 1 saturated heterocycles. The Balaban J connectivity index is 2.14. The topological polar surface area (TPSA) is 34.0 Å². The lowest BCUT2D eigenvalue weighted by atomic mass is 10.3. The zero-order valence-corrected chi connectivity index (χ0v) is 5.06. The molecule has 48 valence electrons. The molecule has 0 spiro atoms. The summed E-state index contributed by atoms with van der Waals surface area (Å²) in [5.41, 5.74) is 0. The van der Waals surface area contributed by atoms with E-state index < -0.39 is 0 Å². The van der Waals surface area contributed by atoms with Gasteiger partial charge in [-0.25, -0.2) is 0 Å². The molecule has 1 aliphatic heterocycles. The van der Waals surface area contributed by atoms with E-state index in [0.717, 1.165) is 13.1 Å². The molecule has 2 rings (SSSR count). The maximum Gasteiger partial charge on any atom is 0.0715 e. The molecular weight excluding hydrogens is 116 g/mol. The monoisotopic (exact) mass is 124 g/mol. The summed E-state index contributed by atoms with van der Waals surface area (Å²) in [5, 5.41) is 9.66. The van der Waals surface area contributed by atoms with Crippen molar-refractivity contribution in [1.29, 1.82) is 0 Å². The smallest absolute Gasteiger partial charge is 0.0715 e. The zero-order valence-electron chi connectivity index (χ0n) is 5.06. The van der Waals surface area contributed by atoms with Crippen molar-refractivity contribution in [2.24, 2.45) is 0 Å². The van der Waals surface area contributed by atoms with Crippen molar-refractivity contribution < 1.29 is 0 Å². The van der Waals surface area contributed by atoms with Crippen molar-refractivity contribution in [3.63, 3.8) is 0 Å². The fraction of sp³-hybridized carbons (Fsp3) is 0.600. The third-order valence-electron chi connectivity index (χ3n) is 1.53. The van der Waals surface area contributed by atoms with Gasteiger partial charge in [0.2, 0.25) is 0 Å². The highest BCUT2D eigenvalue weighted by Crippen LogP contribution is 2.01. The fourth-order valence-electron chi connectivity index (χ4n) is 0.857. The van der Waals surface area contributed by atoms with Crippen LogP contribution < -0.4 is 5.01 Å². The van der Waals surface area contributed by atoms with E-state index in [1.807, 2.05) is 6.20 Å². The molecule has 0 aliphatic carbocycles. The molecule has 0 radical (unpaired) electrons. The number of hydrogen-bond acceptors (Lipinski definition) is 3. The average Bonchev–Trinajstić information content (AvgIpc) is 2.11. The van der Waals surface area contributed by atoms with Crippen molar-refractivity contribution in [1.82, 2.24) is 15.1 Å². The summed E-state index contributed by atoms with van der Waals surface area (Å²) in [4.78, 5) is 1.78. The Bertz CT molecular complexity index is 177. The minimum absolute atomic E-state index is 1.11. The molecule has 0 unspecified atom stereocenters. The predicted octanol–water partition coefficient (Wildman–Crippen LogP) is -0.380. The van der Waals surface area contributed by atoms with Gasteiger partial charge in [-0.3, -0.25) is 5.01 Å². The first-order chi connectivity index (χ1) is 4.47. The Morgan fingerprint density at radius 2 is 2.22 bits per heavy atom. The highest BCUT2D eigenvalue weighted by molar-refractivity contribution is 4.91. The number of hydrogen-bond donors (Lipinski definition) is 0. The van der Waals surface area contributed by atoms with Crippen LogP contribution in [0.4, 0.5) is 0 Å². The highest BCUT2D eigenvalue weighted by atomic mass is 15.7. The van der Waals surface area contributed by atoms with E-state index in [9.17, 15) is 0 Å². The van der Waals surface area contributed by atoms with Crippen LogP contribution in [0.25, 0.3) is 0 Å². The summed E-state index contributed by atoms with van der Waals surface area (Å²) in [6, 6.07) is 0. The highest BCUT2D eigenvalue weighted by Gasteiger charge is 2.13. The summed E-state index contributed by atoms with van der Waals surface area (Å²) in [6.45, 7) is 2.23. The maximum atomic E-state index is 3.83. The van der Waals surface area contributed by atoms with Gasteiger partial charge in [0.25, 0.3) is 0 Å². The summed E-state index contributed by atoms with van der Waals surface area (Å²) in [6.07, 6.45) is 4.83. The summed E-state index contributed by atoms with van der Waals surface area (Å²) < 4.78 is 0. The van der Waals surface area contributed by atoms with Gasteiger partial charge in [-0.2, -0.15) is 4.79 Å². The maximum absolute atomic E-state index is 3.83. The van der Waals surface area contributed by atoms with Gasteiger partial charge in [-0.15, -0.1) is 5.10 Å². The van der Waals surface area contributed by atoms with Crippen molar-refractivity contribution in [3.8, 4) is 0 Å². The molecule has 0 amide bonds. The zero-order chi connectivity index (χ0) is 6.10. The Labute approximate surface area is 53.0 Å². The molecule has 1 aromatic rings. The molecule has 0 N–H and O–H groups in total. The van der Waals surface area contributed by atoms with E-state index >= 15 is 0 Å². The Morgan fingerprint density at radius 3 is 2.67 bits per heavy atom. The molecule has 1 aliphatic rings. The van der Waals surface area contributed by atoms with Gasteiger partial charge in [0.15, 0.2) is 0 Å². The molecule has 0 aromatic carbocycles. The van der Waals surface area contributed by atoms with Crippen LogP contribution in [-0.2, 0) is 0 Å². The first-order valence-corrected chi connectivity index (χ1v) is 3.08. The van der Waals surface area contributed by atoms with E-state index in [0.29, 0.717) is 0 Å². The number of rotatable bonds is 1. The van der Waals surface area contributed by atoms with Crippen molar-refractivity contribution in [2.75, 3.05) is 18.1 Å². The second kappa shape index (κ2) is 1.72. The minimum Gasteiger partial charge on any atom is -0.295 e. The quantitative estimate of drug-likeness (QED) is 0.511. The van der Waals surface area contributed by atoms with E-state index in [2.05, 4.69) is 15.3 Å². The molecule has 4 nitrogen and oxygen atoms in total. The fourth-order valence-corrected chi connectivity index (χ4v) is 0.857. The van der Waals surface area contributed by atoms with Crippen molar-refractivity contribution in [3.05, 3.63) is 12.4 Å². The Hall–Kier alpha value is -1.06. The van der Waals surface area contributed by atoms with Crippen LogP contribution in [0.15, 0.2) is 12.4 Å². The molecule has 1 aromatic heterocycles. The van der Waals surface area contributed by atoms with E-state index in [-0.39, 0.29) is 0 Å². The van der Waals surface area contributed by atoms with Crippen LogP contribution in [0.1, 0.15) is 6.42 Å². The molecule has 1 fully saturated rings. The van der Waals surface area contributed by atoms with Crippen LogP contribution in [0.5, 0.6) is 0 Å². The summed E-state index contributed by atoms with van der Waals surface area (Å²) >= 11 is 0. The molecule has 9 heavy (non-hydrogen) atoms. The lowest BCUT2D eigenvalue weighted by molar-refractivity contribution is 0.426. The normalized spacial score (nSPS) is 17.6. The second-order valence-electron chi connectivity index (χ2n) is 2.13. The molecule has 0 saturated carbocycles. The first kappa shape index (κ1) is 4.78. The third kappa shape index (κ3) is 0.667. The third-order valence-corrected chi connectivity index (χ3v) is 1.53. The second-order valence-corrected chi connectivity index (χ2v) is 2.13. The van der Waals surface area contributed by atoms with Crippen molar-refractivity contribution >= 4 is 0 Å². The average molecular weight is 124 g/mol. The van der Waals surface area contributed by atoms with Gasteiger partial charge in [0, 0.05) is 13.1 Å². The SMILES string of the molecule is c1cn(N2CCC2)nn1. The molecular formula is C5H8N4. The Morgan fingerprint density at radius 1 is 1.33 bits per heavy atom. The predicted molar refractivity (Wildman–Crippen MR) is 32.6 cm³/mol. The molecule has 2 heterocycles. The van der Waals surface area contributed by atoms with Crippen molar-refractivity contribution in [2.45, 2.75) is 6.42 Å². The van der Waals surface area contributed by atoms with Gasteiger partial charge >= 0.3 is 0 Å². The standard InChI is InChI=1S/C5H8N4/c1-3-8(4-1)9-5-2-6-7-9/h2,5H,1,3-4H2. The van der Waals surface area contributed by atoms with Gasteiger partial charge in [-0.05, 0) is 11.6 Å². The number of nitrogens with zero attached hydrogens (tertiary/aromatic N) is 4. The molecule has 0 bridgehead atoms. The lowest BCUT2D eigenvalue weighted by Crippen LogP contribution is -2.46. The van der Waals surface area contributed by atoms with Crippen LogP contribution >= 0.6 is 0 Å². The van der Waals surface area contributed by atoms with Crippen LogP contribution in [0, 0.1) is 0 Å². The summed E-state index contributed by atoms with van der Waals surface area (Å²) in [5.74, 6) is 0.